The van der Waals surface area contributed by atoms with Gasteiger partial charge >= 0.3 is 0 Å². The number of rotatable bonds is 1. The predicted octanol–water partition coefficient (Wildman–Crippen LogP) is 2.68. The maximum atomic E-state index is 5.76. The Bertz CT molecular complexity index is 410. The lowest BCUT2D eigenvalue weighted by atomic mass is 10.3. The largest absolute Gasteiger partial charge is 0.276 e. The number of nitrogens with zero attached hydrogens (tertiary/aromatic N) is 3. The molecule has 1 aromatic carbocycles. The highest BCUT2D eigenvalue weighted by Crippen LogP contribution is 2.16. The van der Waals surface area contributed by atoms with Crippen LogP contribution in [0.3, 0.4) is 0 Å². The van der Waals surface area contributed by atoms with Crippen LogP contribution in [0.1, 0.15) is 0 Å². The Kier molecular flexibility index (Phi) is 2.33. The third-order valence-electron chi connectivity index (χ3n) is 1.61. The Morgan fingerprint density at radius 3 is 2.46 bits per heavy atom. The van der Waals surface area contributed by atoms with Crippen molar-refractivity contribution in [2.45, 2.75) is 0 Å². The van der Waals surface area contributed by atoms with Gasteiger partial charge in [0.15, 0.2) is 0 Å². The average molecular weight is 259 g/mol. The van der Waals surface area contributed by atoms with Crippen LogP contribution in [-0.4, -0.2) is 14.8 Å². The molecule has 0 atom stereocenters. The topological polar surface area (TPSA) is 30.7 Å². The zero-order valence-electron chi connectivity index (χ0n) is 6.48. The van der Waals surface area contributed by atoms with Gasteiger partial charge in [-0.15, -0.1) is 10.2 Å². The average Bonchev–Trinajstić information content (AvgIpc) is 2.53. The molecule has 0 aliphatic heterocycles. The number of hydrogen-bond donors (Lipinski definition) is 0. The molecular formula is C8H5BrClN3. The molecule has 2 rings (SSSR count). The van der Waals surface area contributed by atoms with Crippen molar-refractivity contribution in [3.8, 4) is 5.69 Å². The van der Waals surface area contributed by atoms with Gasteiger partial charge in [0.2, 0.25) is 4.73 Å². The van der Waals surface area contributed by atoms with Gasteiger partial charge in [-0.25, -0.2) is 0 Å². The van der Waals surface area contributed by atoms with Crippen LogP contribution in [0.2, 0.25) is 5.02 Å². The maximum Gasteiger partial charge on any atom is 0.204 e. The molecule has 1 aromatic heterocycles. The highest BCUT2D eigenvalue weighted by molar-refractivity contribution is 9.10. The minimum Gasteiger partial charge on any atom is -0.276 e. The van der Waals surface area contributed by atoms with Crippen molar-refractivity contribution in [3.05, 3.63) is 40.3 Å². The van der Waals surface area contributed by atoms with Gasteiger partial charge in [0.25, 0.3) is 0 Å². The van der Waals surface area contributed by atoms with Crippen molar-refractivity contribution >= 4 is 27.5 Å². The van der Waals surface area contributed by atoms with Gasteiger partial charge in [0.1, 0.15) is 6.33 Å². The highest BCUT2D eigenvalue weighted by Gasteiger charge is 2.01. The summed E-state index contributed by atoms with van der Waals surface area (Å²) in [5, 5.41) is 8.28. The summed E-state index contributed by atoms with van der Waals surface area (Å²) >= 11 is 9.04. The summed E-state index contributed by atoms with van der Waals surface area (Å²) in [6, 6.07) is 7.44. The zero-order valence-corrected chi connectivity index (χ0v) is 8.83. The van der Waals surface area contributed by atoms with Crippen molar-refractivity contribution in [1.29, 1.82) is 0 Å². The molecule has 5 heteroatoms. The fraction of sp³-hybridized carbons (Fsp3) is 0. The first kappa shape index (κ1) is 8.72. The summed E-state index contributed by atoms with van der Waals surface area (Å²) in [7, 11) is 0. The number of aromatic nitrogens is 3. The van der Waals surface area contributed by atoms with Gasteiger partial charge in [0.05, 0.1) is 0 Å². The summed E-state index contributed by atoms with van der Waals surface area (Å²) in [6.07, 6.45) is 1.63. The molecule has 0 aliphatic rings. The lowest BCUT2D eigenvalue weighted by Crippen LogP contribution is -1.91. The number of halogens is 2. The van der Waals surface area contributed by atoms with Crippen molar-refractivity contribution in [2.75, 3.05) is 0 Å². The van der Waals surface area contributed by atoms with E-state index in [1.165, 1.54) is 0 Å². The fourth-order valence-electron chi connectivity index (χ4n) is 0.996. The molecule has 0 unspecified atom stereocenters. The van der Waals surface area contributed by atoms with E-state index in [1.807, 2.05) is 28.8 Å². The molecule has 66 valence electrons. The van der Waals surface area contributed by atoms with Crippen LogP contribution in [-0.2, 0) is 0 Å². The lowest BCUT2D eigenvalue weighted by molar-refractivity contribution is 1.01. The minimum absolute atomic E-state index is 0.676. The molecule has 0 fully saturated rings. The lowest BCUT2D eigenvalue weighted by Gasteiger charge is -2.01. The second kappa shape index (κ2) is 3.47. The molecule has 13 heavy (non-hydrogen) atoms. The van der Waals surface area contributed by atoms with Gasteiger partial charge < -0.3 is 0 Å². The van der Waals surface area contributed by atoms with E-state index in [1.54, 1.807) is 6.33 Å². The molecule has 0 spiro atoms. The van der Waals surface area contributed by atoms with Crippen LogP contribution in [0.15, 0.2) is 35.3 Å². The molecule has 1 heterocycles. The van der Waals surface area contributed by atoms with Crippen LogP contribution in [0, 0.1) is 0 Å². The molecule has 0 aliphatic carbocycles. The Hall–Kier alpha value is -0.870. The molecule has 2 aromatic rings. The SMILES string of the molecule is Clc1ccc(-n2cnnc2Br)cc1. The fourth-order valence-corrected chi connectivity index (χ4v) is 1.51. The Morgan fingerprint density at radius 1 is 1.23 bits per heavy atom. The van der Waals surface area contributed by atoms with Crippen molar-refractivity contribution in [2.24, 2.45) is 0 Å². The van der Waals surface area contributed by atoms with Crippen molar-refractivity contribution in [1.82, 2.24) is 14.8 Å². The molecular weight excluding hydrogens is 253 g/mol. The van der Waals surface area contributed by atoms with Crippen LogP contribution in [0.5, 0.6) is 0 Å². The molecule has 0 saturated heterocycles. The quantitative estimate of drug-likeness (QED) is 0.787. The van der Waals surface area contributed by atoms with E-state index in [9.17, 15) is 0 Å². The van der Waals surface area contributed by atoms with Gasteiger partial charge in [0, 0.05) is 10.7 Å². The van der Waals surface area contributed by atoms with Crippen molar-refractivity contribution in [3.63, 3.8) is 0 Å². The van der Waals surface area contributed by atoms with E-state index in [0.29, 0.717) is 9.76 Å². The normalized spacial score (nSPS) is 10.3. The first-order chi connectivity index (χ1) is 6.27. The second-order valence-corrected chi connectivity index (χ2v) is 3.59. The van der Waals surface area contributed by atoms with E-state index in [2.05, 4.69) is 26.1 Å². The zero-order chi connectivity index (χ0) is 9.26. The minimum atomic E-state index is 0.676. The molecule has 0 bridgehead atoms. The molecule has 0 amide bonds. The highest BCUT2D eigenvalue weighted by atomic mass is 79.9. The third-order valence-corrected chi connectivity index (χ3v) is 2.40. The molecule has 3 nitrogen and oxygen atoms in total. The molecule has 0 saturated carbocycles. The molecule has 0 radical (unpaired) electrons. The Labute approximate surface area is 88.5 Å². The van der Waals surface area contributed by atoms with E-state index >= 15 is 0 Å². The van der Waals surface area contributed by atoms with Gasteiger partial charge in [-0.3, -0.25) is 4.57 Å². The van der Waals surface area contributed by atoms with E-state index < -0.39 is 0 Å². The van der Waals surface area contributed by atoms with Gasteiger partial charge in [-0.2, -0.15) is 0 Å². The summed E-state index contributed by atoms with van der Waals surface area (Å²) in [5.41, 5.74) is 0.973. The smallest absolute Gasteiger partial charge is 0.204 e. The summed E-state index contributed by atoms with van der Waals surface area (Å²) in [4.78, 5) is 0. The maximum absolute atomic E-state index is 5.76. The second-order valence-electron chi connectivity index (χ2n) is 2.45. The number of hydrogen-bond acceptors (Lipinski definition) is 2. The first-order valence-electron chi connectivity index (χ1n) is 3.59. The summed E-state index contributed by atoms with van der Waals surface area (Å²) in [5.74, 6) is 0. The third kappa shape index (κ3) is 1.73. The standard InChI is InChI=1S/C8H5BrClN3/c9-8-12-11-5-13(8)7-3-1-6(10)2-4-7/h1-5H. The summed E-state index contributed by atoms with van der Waals surface area (Å²) < 4.78 is 2.49. The van der Waals surface area contributed by atoms with Crippen LogP contribution in [0.4, 0.5) is 0 Å². The predicted molar refractivity (Wildman–Crippen MR) is 54.1 cm³/mol. The van der Waals surface area contributed by atoms with E-state index in [4.69, 9.17) is 11.6 Å². The van der Waals surface area contributed by atoms with E-state index in [0.717, 1.165) is 5.69 Å². The van der Waals surface area contributed by atoms with Gasteiger partial charge in [-0.1, -0.05) is 11.6 Å². The summed E-state index contributed by atoms with van der Waals surface area (Å²) in [6.45, 7) is 0. The van der Waals surface area contributed by atoms with Crippen LogP contribution < -0.4 is 0 Å². The van der Waals surface area contributed by atoms with Crippen LogP contribution in [0.25, 0.3) is 5.69 Å². The van der Waals surface area contributed by atoms with Crippen LogP contribution >= 0.6 is 27.5 Å². The van der Waals surface area contributed by atoms with E-state index in [-0.39, 0.29) is 0 Å². The Balaban J connectivity index is 2.47. The number of benzene rings is 1. The molecule has 0 N–H and O–H groups in total. The first-order valence-corrected chi connectivity index (χ1v) is 4.76. The van der Waals surface area contributed by atoms with Crippen molar-refractivity contribution < 1.29 is 0 Å². The monoisotopic (exact) mass is 257 g/mol. The van der Waals surface area contributed by atoms with Gasteiger partial charge in [-0.05, 0) is 40.2 Å². The Morgan fingerprint density at radius 2 is 1.92 bits per heavy atom.